The molecule has 0 fully saturated rings. The highest BCUT2D eigenvalue weighted by Crippen LogP contribution is 2.27. The molecule has 2 rings (SSSR count). The first-order valence-corrected chi connectivity index (χ1v) is 8.30. The molecule has 1 N–H and O–H groups in total. The third-order valence-electron chi connectivity index (χ3n) is 4.22. The Morgan fingerprint density at radius 1 is 1.42 bits per heavy atom. The summed E-state index contributed by atoms with van der Waals surface area (Å²) in [7, 11) is 1.30. The SMILES string of the molecule is COC(=O)C[C@@H]1Cc2ccc(O)cc2CN(CCOCCN=[N+]=[N-])C1=O. The molecule has 9 nitrogen and oxygen atoms in total. The van der Waals surface area contributed by atoms with Gasteiger partial charge in [-0.3, -0.25) is 9.59 Å². The van der Waals surface area contributed by atoms with Gasteiger partial charge in [0.1, 0.15) is 5.75 Å². The maximum atomic E-state index is 12.9. The molecule has 1 aliphatic rings. The minimum atomic E-state index is -0.517. The van der Waals surface area contributed by atoms with Gasteiger partial charge in [0.2, 0.25) is 5.91 Å². The number of ether oxygens (including phenoxy) is 2. The van der Waals surface area contributed by atoms with Crippen LogP contribution in [0.5, 0.6) is 5.75 Å². The number of amides is 1. The number of azide groups is 1. The van der Waals surface area contributed by atoms with E-state index in [1.807, 2.05) is 0 Å². The van der Waals surface area contributed by atoms with Gasteiger partial charge in [-0.25, -0.2) is 0 Å². The fourth-order valence-corrected chi connectivity index (χ4v) is 2.91. The number of carbonyl (C=O) groups excluding carboxylic acids is 2. The van der Waals surface area contributed by atoms with Crippen LogP contribution in [-0.4, -0.2) is 55.3 Å². The molecule has 0 aliphatic carbocycles. The van der Waals surface area contributed by atoms with Gasteiger partial charge in [0.15, 0.2) is 0 Å². The summed E-state index contributed by atoms with van der Waals surface area (Å²) in [6.07, 6.45) is 0.418. The molecule has 1 heterocycles. The van der Waals surface area contributed by atoms with Crippen molar-refractivity contribution in [3.63, 3.8) is 0 Å². The van der Waals surface area contributed by atoms with Crippen molar-refractivity contribution >= 4 is 11.9 Å². The van der Waals surface area contributed by atoms with Crippen molar-refractivity contribution < 1.29 is 24.2 Å². The van der Waals surface area contributed by atoms with E-state index in [1.165, 1.54) is 7.11 Å². The summed E-state index contributed by atoms with van der Waals surface area (Å²) in [6, 6.07) is 4.99. The van der Waals surface area contributed by atoms with E-state index >= 15 is 0 Å². The summed E-state index contributed by atoms with van der Waals surface area (Å²) in [5, 5.41) is 13.1. The van der Waals surface area contributed by atoms with Gasteiger partial charge >= 0.3 is 5.97 Å². The Balaban J connectivity index is 2.10. The summed E-state index contributed by atoms with van der Waals surface area (Å²) >= 11 is 0. The number of fused-ring (bicyclic) bond motifs is 1. The number of benzene rings is 1. The van der Waals surface area contributed by atoms with Crippen LogP contribution in [0, 0.1) is 5.92 Å². The first kappa shape index (κ1) is 19.6. The van der Waals surface area contributed by atoms with Gasteiger partial charge in [0.25, 0.3) is 0 Å². The lowest BCUT2D eigenvalue weighted by Crippen LogP contribution is -2.38. The summed E-state index contributed by atoms with van der Waals surface area (Å²) < 4.78 is 10.1. The molecule has 1 amide bonds. The van der Waals surface area contributed by atoms with Crippen LogP contribution in [-0.2, 0) is 32.0 Å². The molecular formula is C17H22N4O5. The second kappa shape index (κ2) is 9.65. The van der Waals surface area contributed by atoms with Gasteiger partial charge in [-0.2, -0.15) is 0 Å². The average Bonchev–Trinajstić information content (AvgIpc) is 2.75. The lowest BCUT2D eigenvalue weighted by Gasteiger charge is -2.24. The highest BCUT2D eigenvalue weighted by molar-refractivity contribution is 5.84. The van der Waals surface area contributed by atoms with Crippen LogP contribution in [0.1, 0.15) is 17.5 Å². The van der Waals surface area contributed by atoms with E-state index in [0.29, 0.717) is 19.5 Å². The fraction of sp³-hybridized carbons (Fsp3) is 0.529. The van der Waals surface area contributed by atoms with Crippen LogP contribution in [0.25, 0.3) is 10.4 Å². The molecule has 1 aromatic rings. The molecule has 0 radical (unpaired) electrons. The van der Waals surface area contributed by atoms with Crippen molar-refractivity contribution in [1.29, 1.82) is 0 Å². The molecule has 1 aromatic carbocycles. The normalized spacial score (nSPS) is 16.4. The van der Waals surface area contributed by atoms with Crippen molar-refractivity contribution in [2.45, 2.75) is 19.4 Å². The zero-order valence-corrected chi connectivity index (χ0v) is 14.6. The number of rotatable bonds is 8. The van der Waals surface area contributed by atoms with Gasteiger partial charge in [-0.15, -0.1) is 0 Å². The molecule has 140 valence electrons. The second-order valence-corrected chi connectivity index (χ2v) is 5.96. The molecule has 0 unspecified atom stereocenters. The fourth-order valence-electron chi connectivity index (χ4n) is 2.91. The lowest BCUT2D eigenvalue weighted by molar-refractivity contribution is -0.147. The highest BCUT2D eigenvalue weighted by atomic mass is 16.5. The van der Waals surface area contributed by atoms with E-state index < -0.39 is 11.9 Å². The van der Waals surface area contributed by atoms with Crippen molar-refractivity contribution in [3.8, 4) is 5.75 Å². The molecule has 0 bridgehead atoms. The van der Waals surface area contributed by atoms with Crippen molar-refractivity contribution in [1.82, 2.24) is 4.90 Å². The summed E-state index contributed by atoms with van der Waals surface area (Å²) in [6.45, 7) is 1.45. The standard InChI is InChI=1S/C17H22N4O5/c1-25-16(23)10-13-8-12-2-3-15(22)9-14(12)11-21(17(13)24)5-7-26-6-4-19-20-18/h2-3,9,13,22H,4-8,10-11H2,1H3/t13-/m0/s1. The number of phenolic OH excluding ortho intramolecular Hbond substituents is 1. The molecule has 1 aliphatic heterocycles. The van der Waals surface area contributed by atoms with E-state index in [4.69, 9.17) is 15.0 Å². The van der Waals surface area contributed by atoms with Gasteiger partial charge in [0, 0.05) is 24.5 Å². The number of methoxy groups -OCH3 is 1. The Labute approximate surface area is 151 Å². The molecule has 0 saturated heterocycles. The second-order valence-electron chi connectivity index (χ2n) is 5.96. The highest BCUT2D eigenvalue weighted by Gasteiger charge is 2.31. The maximum Gasteiger partial charge on any atom is 0.306 e. The quantitative estimate of drug-likeness (QED) is 0.248. The van der Waals surface area contributed by atoms with E-state index in [1.54, 1.807) is 23.1 Å². The van der Waals surface area contributed by atoms with Crippen LogP contribution in [0.2, 0.25) is 0 Å². The van der Waals surface area contributed by atoms with Crippen LogP contribution in [0.4, 0.5) is 0 Å². The van der Waals surface area contributed by atoms with Crippen LogP contribution in [0.3, 0.4) is 0 Å². The predicted molar refractivity (Wildman–Crippen MR) is 92.2 cm³/mol. The number of nitrogens with zero attached hydrogens (tertiary/aromatic N) is 4. The molecule has 26 heavy (non-hydrogen) atoms. The smallest absolute Gasteiger partial charge is 0.306 e. The third kappa shape index (κ3) is 5.37. The minimum absolute atomic E-state index is 0.00386. The predicted octanol–water partition coefficient (Wildman–Crippen LogP) is 1.78. The number of hydrogen-bond acceptors (Lipinski definition) is 6. The van der Waals surface area contributed by atoms with Gasteiger partial charge in [-0.1, -0.05) is 11.2 Å². The lowest BCUT2D eigenvalue weighted by atomic mass is 9.94. The number of phenols is 1. The first-order chi connectivity index (χ1) is 12.5. The minimum Gasteiger partial charge on any atom is -0.508 e. The van der Waals surface area contributed by atoms with E-state index in [0.717, 1.165) is 11.1 Å². The first-order valence-electron chi connectivity index (χ1n) is 8.30. The largest absolute Gasteiger partial charge is 0.508 e. The summed E-state index contributed by atoms with van der Waals surface area (Å²) in [5.41, 5.74) is 10.00. The molecule has 1 atom stereocenters. The zero-order valence-electron chi connectivity index (χ0n) is 14.6. The van der Waals surface area contributed by atoms with Crippen molar-refractivity contribution in [2.24, 2.45) is 11.0 Å². The Bertz CT molecular complexity index is 702. The van der Waals surface area contributed by atoms with Crippen LogP contribution >= 0.6 is 0 Å². The maximum absolute atomic E-state index is 12.9. The summed E-state index contributed by atoms with van der Waals surface area (Å²) in [4.78, 5) is 28.8. The molecule has 0 spiro atoms. The van der Waals surface area contributed by atoms with Gasteiger partial charge < -0.3 is 19.5 Å². The van der Waals surface area contributed by atoms with Gasteiger partial charge in [-0.05, 0) is 35.2 Å². The Hall–Kier alpha value is -2.77. The number of hydrogen-bond donors (Lipinski definition) is 1. The zero-order chi connectivity index (χ0) is 18.9. The number of carbonyl (C=O) groups is 2. The van der Waals surface area contributed by atoms with Crippen molar-refractivity contribution in [2.75, 3.05) is 33.4 Å². The molecular weight excluding hydrogens is 340 g/mol. The van der Waals surface area contributed by atoms with Gasteiger partial charge in [0.05, 0.1) is 32.7 Å². The Morgan fingerprint density at radius 3 is 2.96 bits per heavy atom. The third-order valence-corrected chi connectivity index (χ3v) is 4.22. The average molecular weight is 362 g/mol. The monoisotopic (exact) mass is 362 g/mol. The van der Waals surface area contributed by atoms with Crippen molar-refractivity contribution in [3.05, 3.63) is 39.8 Å². The van der Waals surface area contributed by atoms with E-state index in [-0.39, 0.29) is 37.8 Å². The van der Waals surface area contributed by atoms with E-state index in [9.17, 15) is 14.7 Å². The van der Waals surface area contributed by atoms with Crippen LogP contribution < -0.4 is 0 Å². The Morgan fingerprint density at radius 2 is 2.23 bits per heavy atom. The topological polar surface area (TPSA) is 125 Å². The Kier molecular flexibility index (Phi) is 7.25. The molecule has 0 saturated carbocycles. The number of aromatic hydroxyl groups is 1. The molecule has 0 aromatic heterocycles. The molecule has 9 heteroatoms. The van der Waals surface area contributed by atoms with Crippen LogP contribution in [0.15, 0.2) is 23.3 Å². The number of esters is 1. The van der Waals surface area contributed by atoms with E-state index in [2.05, 4.69) is 10.0 Å². The summed E-state index contributed by atoms with van der Waals surface area (Å²) in [5.74, 6) is -0.967.